The summed E-state index contributed by atoms with van der Waals surface area (Å²) in [6, 6.07) is 9.80. The molecule has 0 aliphatic carbocycles. The molecule has 1 heterocycles. The Morgan fingerprint density at radius 1 is 0.962 bits per heavy atom. The van der Waals surface area contributed by atoms with Gasteiger partial charge in [-0.15, -0.1) is 0 Å². The van der Waals surface area contributed by atoms with Crippen molar-refractivity contribution in [2.75, 3.05) is 0 Å². The number of ether oxygens (including phenoxy) is 1. The predicted molar refractivity (Wildman–Crippen MR) is 104 cm³/mol. The molecule has 0 radical (unpaired) electrons. The molecule has 0 N–H and O–H groups in total. The molecule has 0 aliphatic heterocycles. The van der Waals surface area contributed by atoms with Gasteiger partial charge < -0.3 is 4.74 Å². The van der Waals surface area contributed by atoms with E-state index in [0.717, 1.165) is 30.7 Å². The van der Waals surface area contributed by atoms with Crippen LogP contribution in [0.5, 0.6) is 0 Å². The summed E-state index contributed by atoms with van der Waals surface area (Å²) < 4.78 is 5.63. The van der Waals surface area contributed by atoms with E-state index in [4.69, 9.17) is 4.74 Å². The zero-order valence-electron chi connectivity index (χ0n) is 16.0. The first-order valence-electron chi connectivity index (χ1n) is 9.81. The van der Waals surface area contributed by atoms with Crippen LogP contribution in [0.25, 0.3) is 0 Å². The molecular formula is C22H30N2O2. The van der Waals surface area contributed by atoms with Crippen LogP contribution >= 0.6 is 0 Å². The number of carbonyl (C=O) groups excluding carboxylic acids is 1. The Bertz CT molecular complexity index is 641. The SMILES string of the molecule is CCCCCCCCc1ncc(C(=O)OC(CC)c2ccccc2)cn1. The third-order valence-electron chi connectivity index (χ3n) is 4.49. The van der Waals surface area contributed by atoms with Crippen LogP contribution in [0, 0.1) is 0 Å². The van der Waals surface area contributed by atoms with Crippen molar-refractivity contribution in [1.82, 2.24) is 9.97 Å². The summed E-state index contributed by atoms with van der Waals surface area (Å²) in [5, 5.41) is 0. The van der Waals surface area contributed by atoms with Gasteiger partial charge >= 0.3 is 5.97 Å². The highest BCUT2D eigenvalue weighted by Gasteiger charge is 2.16. The van der Waals surface area contributed by atoms with Crippen LogP contribution in [-0.2, 0) is 11.2 Å². The molecule has 0 aliphatic rings. The summed E-state index contributed by atoms with van der Waals surface area (Å²) in [7, 11) is 0. The number of benzene rings is 1. The fraction of sp³-hybridized carbons (Fsp3) is 0.500. The molecule has 0 fully saturated rings. The van der Waals surface area contributed by atoms with E-state index in [0.29, 0.717) is 5.56 Å². The second-order valence-electron chi connectivity index (χ2n) is 6.62. The van der Waals surface area contributed by atoms with E-state index in [2.05, 4.69) is 16.9 Å². The lowest BCUT2D eigenvalue weighted by Gasteiger charge is -2.16. The summed E-state index contributed by atoms with van der Waals surface area (Å²) in [6.07, 6.45) is 12.0. The molecule has 1 unspecified atom stereocenters. The van der Waals surface area contributed by atoms with Gasteiger partial charge in [0, 0.05) is 18.8 Å². The number of hydrogen-bond donors (Lipinski definition) is 0. The van der Waals surface area contributed by atoms with E-state index in [9.17, 15) is 4.79 Å². The maximum atomic E-state index is 12.4. The average molecular weight is 354 g/mol. The van der Waals surface area contributed by atoms with E-state index in [1.807, 2.05) is 37.3 Å². The Labute approximate surface area is 157 Å². The van der Waals surface area contributed by atoms with Crippen LogP contribution in [-0.4, -0.2) is 15.9 Å². The number of aromatic nitrogens is 2. The molecule has 1 aromatic carbocycles. The first-order chi connectivity index (χ1) is 12.7. The molecule has 1 aromatic heterocycles. The molecule has 2 rings (SSSR count). The van der Waals surface area contributed by atoms with Crippen molar-refractivity contribution in [1.29, 1.82) is 0 Å². The van der Waals surface area contributed by atoms with Crippen LogP contribution < -0.4 is 0 Å². The van der Waals surface area contributed by atoms with E-state index < -0.39 is 0 Å². The molecular weight excluding hydrogens is 324 g/mol. The molecule has 0 saturated heterocycles. The van der Waals surface area contributed by atoms with Gasteiger partial charge in [0.1, 0.15) is 11.9 Å². The fourth-order valence-corrected chi connectivity index (χ4v) is 2.90. The Kier molecular flexibility index (Phi) is 8.81. The number of hydrogen-bond acceptors (Lipinski definition) is 4. The van der Waals surface area contributed by atoms with Crippen LogP contribution in [0.15, 0.2) is 42.7 Å². The van der Waals surface area contributed by atoms with Crippen LogP contribution in [0.4, 0.5) is 0 Å². The predicted octanol–water partition coefficient (Wildman–Crippen LogP) is 5.69. The van der Waals surface area contributed by atoms with Crippen molar-refractivity contribution in [2.45, 2.75) is 71.3 Å². The van der Waals surface area contributed by atoms with Gasteiger partial charge in [-0.25, -0.2) is 14.8 Å². The zero-order chi connectivity index (χ0) is 18.6. The highest BCUT2D eigenvalue weighted by molar-refractivity contribution is 5.88. The van der Waals surface area contributed by atoms with Crippen LogP contribution in [0.1, 0.15) is 86.6 Å². The van der Waals surface area contributed by atoms with Gasteiger partial charge in [-0.2, -0.15) is 0 Å². The highest BCUT2D eigenvalue weighted by atomic mass is 16.5. The van der Waals surface area contributed by atoms with Gasteiger partial charge in [0.05, 0.1) is 5.56 Å². The minimum atomic E-state index is -0.369. The van der Waals surface area contributed by atoms with Gasteiger partial charge in [0.2, 0.25) is 0 Å². The second-order valence-corrected chi connectivity index (χ2v) is 6.62. The summed E-state index contributed by atoms with van der Waals surface area (Å²) in [4.78, 5) is 21.0. The van der Waals surface area contributed by atoms with E-state index in [1.165, 1.54) is 32.1 Å². The third kappa shape index (κ3) is 6.58. The molecule has 4 nitrogen and oxygen atoms in total. The standard InChI is InChI=1S/C22H30N2O2/c1-3-5-6-7-8-12-15-21-23-16-19(17-24-21)22(25)26-20(4-2)18-13-10-9-11-14-18/h9-11,13-14,16-17,20H,3-8,12,15H2,1-2H3. The highest BCUT2D eigenvalue weighted by Crippen LogP contribution is 2.22. The fourth-order valence-electron chi connectivity index (χ4n) is 2.90. The van der Waals surface area contributed by atoms with E-state index in [-0.39, 0.29) is 12.1 Å². The van der Waals surface area contributed by atoms with Crippen molar-refractivity contribution in [2.24, 2.45) is 0 Å². The minimum absolute atomic E-state index is 0.244. The Hall–Kier alpha value is -2.23. The lowest BCUT2D eigenvalue weighted by atomic mass is 10.1. The minimum Gasteiger partial charge on any atom is -0.454 e. The number of unbranched alkanes of at least 4 members (excludes halogenated alkanes) is 5. The molecule has 4 heteroatoms. The first kappa shape index (κ1) is 20.1. The Balaban J connectivity index is 1.82. The van der Waals surface area contributed by atoms with Crippen molar-refractivity contribution in [3.63, 3.8) is 0 Å². The average Bonchev–Trinajstić information content (AvgIpc) is 2.69. The second kappa shape index (κ2) is 11.4. The lowest BCUT2D eigenvalue weighted by molar-refractivity contribution is 0.0287. The molecule has 0 bridgehead atoms. The maximum Gasteiger partial charge on any atom is 0.341 e. The molecule has 2 aromatic rings. The van der Waals surface area contributed by atoms with Crippen molar-refractivity contribution in [3.8, 4) is 0 Å². The summed E-state index contributed by atoms with van der Waals surface area (Å²) >= 11 is 0. The first-order valence-corrected chi connectivity index (χ1v) is 9.81. The number of esters is 1. The maximum absolute atomic E-state index is 12.4. The van der Waals surface area contributed by atoms with Crippen molar-refractivity contribution in [3.05, 3.63) is 59.7 Å². The van der Waals surface area contributed by atoms with Crippen LogP contribution in [0.3, 0.4) is 0 Å². The normalized spacial score (nSPS) is 11.9. The van der Waals surface area contributed by atoms with Gasteiger partial charge in [0.25, 0.3) is 0 Å². The van der Waals surface area contributed by atoms with Gasteiger partial charge in [0.15, 0.2) is 0 Å². The van der Waals surface area contributed by atoms with Gasteiger partial charge in [-0.3, -0.25) is 0 Å². The smallest absolute Gasteiger partial charge is 0.341 e. The van der Waals surface area contributed by atoms with Crippen LogP contribution in [0.2, 0.25) is 0 Å². The van der Waals surface area contributed by atoms with Gasteiger partial charge in [-0.1, -0.05) is 76.3 Å². The van der Waals surface area contributed by atoms with Gasteiger partial charge in [-0.05, 0) is 18.4 Å². The molecule has 0 amide bonds. The number of carbonyl (C=O) groups is 1. The molecule has 0 spiro atoms. The summed E-state index contributed by atoms with van der Waals surface area (Å²) in [5.74, 6) is 0.430. The van der Waals surface area contributed by atoms with Crippen molar-refractivity contribution >= 4 is 5.97 Å². The molecule has 1 atom stereocenters. The molecule has 0 saturated carbocycles. The Morgan fingerprint density at radius 3 is 2.27 bits per heavy atom. The Morgan fingerprint density at radius 2 is 1.62 bits per heavy atom. The molecule has 140 valence electrons. The monoisotopic (exact) mass is 354 g/mol. The largest absolute Gasteiger partial charge is 0.454 e. The zero-order valence-corrected chi connectivity index (χ0v) is 16.0. The topological polar surface area (TPSA) is 52.1 Å². The summed E-state index contributed by atoms with van der Waals surface area (Å²) in [5.41, 5.74) is 1.41. The lowest BCUT2D eigenvalue weighted by Crippen LogP contribution is -2.12. The number of nitrogens with zero attached hydrogens (tertiary/aromatic N) is 2. The third-order valence-corrected chi connectivity index (χ3v) is 4.49. The number of aryl methyl sites for hydroxylation is 1. The molecule has 26 heavy (non-hydrogen) atoms. The van der Waals surface area contributed by atoms with E-state index in [1.54, 1.807) is 12.4 Å². The number of rotatable bonds is 11. The van der Waals surface area contributed by atoms with E-state index >= 15 is 0 Å². The van der Waals surface area contributed by atoms with Crippen molar-refractivity contribution < 1.29 is 9.53 Å². The quantitative estimate of drug-likeness (QED) is 0.384. The summed E-state index contributed by atoms with van der Waals surface area (Å²) in [6.45, 7) is 4.23.